The SMILES string of the molecule is C[C@@H]1C=C2C[C@H](O)CC[C@]2(C)[C@H]2CC[C@]3(C)C(c4cscn4)=CC[C@H]3[C@H]12. The van der Waals surface area contributed by atoms with Gasteiger partial charge in [-0.2, -0.15) is 0 Å². The molecular formula is C23H31NOS. The van der Waals surface area contributed by atoms with Gasteiger partial charge in [-0.05, 0) is 78.6 Å². The van der Waals surface area contributed by atoms with E-state index < -0.39 is 0 Å². The predicted molar refractivity (Wildman–Crippen MR) is 108 cm³/mol. The van der Waals surface area contributed by atoms with Crippen molar-refractivity contribution in [3.8, 4) is 0 Å². The molecule has 2 fully saturated rings. The fraction of sp³-hybridized carbons (Fsp3) is 0.696. The summed E-state index contributed by atoms with van der Waals surface area (Å²) in [6.45, 7) is 7.48. The summed E-state index contributed by atoms with van der Waals surface area (Å²) in [5, 5.41) is 12.5. The molecule has 0 saturated heterocycles. The Balaban J connectivity index is 1.52. The highest BCUT2D eigenvalue weighted by Gasteiger charge is 2.58. The van der Waals surface area contributed by atoms with Crippen molar-refractivity contribution < 1.29 is 5.11 Å². The van der Waals surface area contributed by atoms with Crippen LogP contribution in [-0.4, -0.2) is 16.2 Å². The van der Waals surface area contributed by atoms with E-state index >= 15 is 0 Å². The van der Waals surface area contributed by atoms with Gasteiger partial charge in [-0.1, -0.05) is 38.5 Å². The predicted octanol–water partition coefficient (Wildman–Crippen LogP) is 5.71. The molecule has 0 unspecified atom stereocenters. The Labute approximate surface area is 161 Å². The third-order valence-corrected chi connectivity index (χ3v) is 9.28. The molecule has 1 aromatic heterocycles. The lowest BCUT2D eigenvalue weighted by atomic mass is 9.45. The van der Waals surface area contributed by atoms with Crippen LogP contribution in [0.25, 0.3) is 5.57 Å². The second kappa shape index (κ2) is 5.78. The molecule has 0 bridgehead atoms. The quantitative estimate of drug-likeness (QED) is 0.644. The maximum absolute atomic E-state index is 10.2. The smallest absolute Gasteiger partial charge is 0.0798 e. The summed E-state index contributed by atoms with van der Waals surface area (Å²) >= 11 is 1.72. The summed E-state index contributed by atoms with van der Waals surface area (Å²) in [6.07, 6.45) is 11.9. The van der Waals surface area contributed by atoms with Crippen LogP contribution in [0.2, 0.25) is 0 Å². The van der Waals surface area contributed by atoms with E-state index in [1.54, 1.807) is 16.9 Å². The summed E-state index contributed by atoms with van der Waals surface area (Å²) in [5.41, 5.74) is 6.91. The van der Waals surface area contributed by atoms with Gasteiger partial charge in [0.2, 0.25) is 0 Å². The molecule has 4 aliphatic rings. The van der Waals surface area contributed by atoms with Gasteiger partial charge in [0, 0.05) is 5.38 Å². The second-order valence-electron chi connectivity index (χ2n) is 9.84. The minimum absolute atomic E-state index is 0.114. The Morgan fingerprint density at radius 2 is 1.96 bits per heavy atom. The van der Waals surface area contributed by atoms with E-state index in [0.29, 0.717) is 16.7 Å². The third-order valence-electron chi connectivity index (χ3n) is 8.70. The molecule has 3 heteroatoms. The van der Waals surface area contributed by atoms with Crippen molar-refractivity contribution in [2.75, 3.05) is 0 Å². The van der Waals surface area contributed by atoms with E-state index in [2.05, 4.69) is 43.3 Å². The Hall–Kier alpha value is -0.930. The Kier molecular flexibility index (Phi) is 3.82. The third kappa shape index (κ3) is 2.22. The van der Waals surface area contributed by atoms with Crippen molar-refractivity contribution in [3.05, 3.63) is 34.3 Å². The minimum atomic E-state index is -0.114. The molecule has 2 saturated carbocycles. The number of nitrogens with zero attached hydrogens (tertiary/aromatic N) is 1. The van der Waals surface area contributed by atoms with Crippen molar-refractivity contribution in [2.24, 2.45) is 34.5 Å². The summed E-state index contributed by atoms with van der Waals surface area (Å²) in [5.74, 6) is 2.92. The first-order valence-electron chi connectivity index (χ1n) is 10.4. The van der Waals surface area contributed by atoms with Crippen molar-refractivity contribution >= 4 is 16.9 Å². The maximum Gasteiger partial charge on any atom is 0.0798 e. The zero-order chi connectivity index (χ0) is 18.1. The van der Waals surface area contributed by atoms with E-state index in [1.807, 2.05) is 5.51 Å². The number of thiazole rings is 1. The van der Waals surface area contributed by atoms with Gasteiger partial charge in [-0.3, -0.25) is 0 Å². The van der Waals surface area contributed by atoms with Crippen molar-refractivity contribution in [1.29, 1.82) is 0 Å². The van der Waals surface area contributed by atoms with Crippen LogP contribution < -0.4 is 0 Å². The molecule has 1 heterocycles. The highest BCUT2D eigenvalue weighted by Crippen LogP contribution is 2.67. The molecule has 5 rings (SSSR count). The zero-order valence-electron chi connectivity index (χ0n) is 16.2. The lowest BCUT2D eigenvalue weighted by molar-refractivity contribution is -0.0426. The normalized spacial score (nSPS) is 47.5. The van der Waals surface area contributed by atoms with Crippen LogP contribution in [0.5, 0.6) is 0 Å². The molecule has 26 heavy (non-hydrogen) atoms. The fourth-order valence-electron chi connectivity index (χ4n) is 7.31. The van der Waals surface area contributed by atoms with Crippen LogP contribution in [-0.2, 0) is 0 Å². The standard InChI is InChI=1S/C23H31NOS/c1-14-10-15-11-16(25)6-8-22(15,2)19-7-9-23(3)17(20-12-26-13-24-20)4-5-18(23)21(14)19/h4,10,12-14,16,18-19,21,25H,5-9,11H2,1-3H3/t14-,16-,18+,19+,21+,22+,23-/m1/s1. The molecular weight excluding hydrogens is 338 g/mol. The van der Waals surface area contributed by atoms with Crippen LogP contribution in [0.15, 0.2) is 28.6 Å². The largest absolute Gasteiger partial charge is 0.393 e. The molecule has 0 amide bonds. The molecule has 1 N–H and O–H groups in total. The van der Waals surface area contributed by atoms with Crippen LogP contribution in [0.1, 0.15) is 65.0 Å². The van der Waals surface area contributed by atoms with Crippen molar-refractivity contribution in [3.63, 3.8) is 0 Å². The Bertz CT molecular complexity index is 765. The molecule has 0 aliphatic heterocycles. The fourth-order valence-corrected chi connectivity index (χ4v) is 7.87. The average Bonchev–Trinajstić information content (AvgIpc) is 3.23. The topological polar surface area (TPSA) is 33.1 Å². The van der Waals surface area contributed by atoms with Gasteiger partial charge in [0.05, 0.1) is 17.3 Å². The second-order valence-corrected chi connectivity index (χ2v) is 10.6. The van der Waals surface area contributed by atoms with Crippen molar-refractivity contribution in [1.82, 2.24) is 4.98 Å². The summed E-state index contributed by atoms with van der Waals surface area (Å²) < 4.78 is 0. The lowest BCUT2D eigenvalue weighted by Crippen LogP contribution is -2.52. The van der Waals surface area contributed by atoms with Crippen LogP contribution >= 0.6 is 11.3 Å². The first kappa shape index (κ1) is 17.2. The maximum atomic E-state index is 10.2. The summed E-state index contributed by atoms with van der Waals surface area (Å²) in [4.78, 5) is 4.66. The number of aromatic nitrogens is 1. The van der Waals surface area contributed by atoms with Gasteiger partial charge in [0.1, 0.15) is 0 Å². The first-order chi connectivity index (χ1) is 12.4. The summed E-state index contributed by atoms with van der Waals surface area (Å²) in [7, 11) is 0. The summed E-state index contributed by atoms with van der Waals surface area (Å²) in [6, 6.07) is 0. The molecule has 7 atom stereocenters. The number of allylic oxidation sites excluding steroid dienone is 3. The van der Waals surface area contributed by atoms with E-state index in [4.69, 9.17) is 0 Å². The molecule has 140 valence electrons. The highest BCUT2D eigenvalue weighted by atomic mass is 32.1. The highest BCUT2D eigenvalue weighted by molar-refractivity contribution is 7.07. The zero-order valence-corrected chi connectivity index (χ0v) is 17.1. The first-order valence-corrected chi connectivity index (χ1v) is 11.4. The number of aliphatic hydroxyl groups excluding tert-OH is 1. The Morgan fingerprint density at radius 3 is 2.73 bits per heavy atom. The van der Waals surface area contributed by atoms with Gasteiger partial charge in [-0.15, -0.1) is 11.3 Å². The van der Waals surface area contributed by atoms with Gasteiger partial charge in [-0.25, -0.2) is 4.98 Å². The molecule has 0 spiro atoms. The average molecular weight is 370 g/mol. The molecule has 0 radical (unpaired) electrons. The van der Waals surface area contributed by atoms with E-state index in [0.717, 1.165) is 30.6 Å². The van der Waals surface area contributed by atoms with E-state index in [1.165, 1.54) is 37.0 Å². The van der Waals surface area contributed by atoms with Gasteiger partial charge in [0.15, 0.2) is 0 Å². The molecule has 0 aromatic carbocycles. The van der Waals surface area contributed by atoms with Crippen LogP contribution in [0, 0.1) is 34.5 Å². The van der Waals surface area contributed by atoms with Crippen LogP contribution in [0.4, 0.5) is 0 Å². The van der Waals surface area contributed by atoms with Gasteiger partial charge < -0.3 is 5.11 Å². The van der Waals surface area contributed by atoms with E-state index in [-0.39, 0.29) is 6.10 Å². The Morgan fingerprint density at radius 1 is 1.15 bits per heavy atom. The molecule has 2 nitrogen and oxygen atoms in total. The molecule has 4 aliphatic carbocycles. The number of hydrogen-bond acceptors (Lipinski definition) is 3. The number of hydrogen-bond donors (Lipinski definition) is 1. The minimum Gasteiger partial charge on any atom is -0.393 e. The molecule has 1 aromatic rings. The van der Waals surface area contributed by atoms with Crippen LogP contribution in [0.3, 0.4) is 0 Å². The monoisotopic (exact) mass is 369 g/mol. The number of fused-ring (bicyclic) bond motifs is 5. The lowest BCUT2D eigenvalue weighted by Gasteiger charge is -2.59. The van der Waals surface area contributed by atoms with E-state index in [9.17, 15) is 5.11 Å². The number of rotatable bonds is 1. The van der Waals surface area contributed by atoms with Crippen molar-refractivity contribution in [2.45, 2.75) is 65.4 Å². The van der Waals surface area contributed by atoms with Gasteiger partial charge >= 0.3 is 0 Å². The number of aliphatic hydroxyl groups is 1. The van der Waals surface area contributed by atoms with Gasteiger partial charge in [0.25, 0.3) is 0 Å².